The van der Waals surface area contributed by atoms with Crippen LogP contribution in [0.15, 0.2) is 46.9 Å². The molecule has 0 amide bonds. The van der Waals surface area contributed by atoms with Crippen LogP contribution in [0.2, 0.25) is 0 Å². The van der Waals surface area contributed by atoms with Gasteiger partial charge in [0.2, 0.25) is 0 Å². The summed E-state index contributed by atoms with van der Waals surface area (Å²) in [6, 6.07) is 12.6. The van der Waals surface area contributed by atoms with Crippen molar-refractivity contribution in [2.24, 2.45) is 0 Å². The molecule has 6 heteroatoms. The number of ether oxygens (including phenoxy) is 1. The van der Waals surface area contributed by atoms with Gasteiger partial charge in [-0.25, -0.2) is 0 Å². The summed E-state index contributed by atoms with van der Waals surface area (Å²) in [5, 5.41) is 10.8. The average molecular weight is 434 g/mol. The first-order chi connectivity index (χ1) is 9.06. The Balaban J connectivity index is 2.09. The van der Waals surface area contributed by atoms with E-state index in [4.69, 9.17) is 4.74 Å². The highest BCUT2D eigenvalue weighted by molar-refractivity contribution is 14.1. The van der Waals surface area contributed by atoms with E-state index in [1.807, 2.05) is 24.3 Å². The molecule has 4 nitrogen and oxygen atoms in total. The molecular weight excluding hydrogens is 425 g/mol. The summed E-state index contributed by atoms with van der Waals surface area (Å²) >= 11 is 5.37. The number of halogens is 2. The first kappa shape index (κ1) is 14.3. The third-order valence-electron chi connectivity index (χ3n) is 2.43. The van der Waals surface area contributed by atoms with Crippen LogP contribution in [-0.4, -0.2) is 4.92 Å². The Hall–Kier alpha value is -1.15. The van der Waals surface area contributed by atoms with Crippen molar-refractivity contribution in [2.45, 2.75) is 6.61 Å². The highest BCUT2D eigenvalue weighted by atomic mass is 127. The minimum atomic E-state index is -0.418. The zero-order valence-electron chi connectivity index (χ0n) is 9.68. The predicted molar refractivity (Wildman–Crippen MR) is 84.3 cm³/mol. The van der Waals surface area contributed by atoms with Gasteiger partial charge in [0.05, 0.1) is 9.40 Å². The lowest BCUT2D eigenvalue weighted by Gasteiger charge is -2.06. The van der Waals surface area contributed by atoms with Crippen LogP contribution in [-0.2, 0) is 6.61 Å². The second-order valence-corrected chi connectivity index (χ2v) is 5.89. The second-order valence-electron chi connectivity index (χ2n) is 3.79. The number of benzene rings is 2. The van der Waals surface area contributed by atoms with Gasteiger partial charge in [0, 0.05) is 9.64 Å². The van der Waals surface area contributed by atoms with Crippen LogP contribution in [0.25, 0.3) is 0 Å². The average Bonchev–Trinajstić information content (AvgIpc) is 2.39. The highest BCUT2D eigenvalue weighted by Crippen LogP contribution is 2.26. The van der Waals surface area contributed by atoms with Crippen LogP contribution in [0, 0.1) is 13.7 Å². The first-order valence-corrected chi connectivity index (χ1v) is 7.24. The maximum Gasteiger partial charge on any atom is 0.283 e. The molecule has 2 aromatic carbocycles. The smallest absolute Gasteiger partial charge is 0.283 e. The molecule has 0 atom stereocenters. The molecule has 0 unspecified atom stereocenters. The molecule has 0 aliphatic heterocycles. The van der Waals surface area contributed by atoms with Crippen molar-refractivity contribution in [3.63, 3.8) is 0 Å². The molecule has 0 saturated carbocycles. The van der Waals surface area contributed by atoms with Crippen LogP contribution in [0.1, 0.15) is 5.56 Å². The van der Waals surface area contributed by atoms with E-state index in [0.29, 0.717) is 11.1 Å². The Morgan fingerprint density at radius 2 is 1.89 bits per heavy atom. The number of rotatable bonds is 4. The van der Waals surface area contributed by atoms with Gasteiger partial charge >= 0.3 is 0 Å². The molecular formula is C13H9BrINO3. The number of nitro benzene ring substituents is 1. The van der Waals surface area contributed by atoms with Crippen LogP contribution in [0.3, 0.4) is 0 Å². The fourth-order valence-corrected chi connectivity index (χ4v) is 2.24. The Morgan fingerprint density at radius 3 is 2.53 bits per heavy atom. The van der Waals surface area contributed by atoms with Gasteiger partial charge in [-0.3, -0.25) is 10.1 Å². The van der Waals surface area contributed by atoms with Gasteiger partial charge in [0.25, 0.3) is 5.69 Å². The number of nitro groups is 1. The van der Waals surface area contributed by atoms with Crippen molar-refractivity contribution in [1.29, 1.82) is 0 Å². The molecule has 0 heterocycles. The molecule has 0 N–H and O–H groups in total. The van der Waals surface area contributed by atoms with E-state index < -0.39 is 4.92 Å². The van der Waals surface area contributed by atoms with E-state index in [0.717, 1.165) is 14.9 Å². The fourth-order valence-electron chi connectivity index (χ4n) is 1.49. The fraction of sp³-hybridized carbons (Fsp3) is 0.0769. The Kier molecular flexibility index (Phi) is 4.76. The molecule has 0 saturated heterocycles. The minimum Gasteiger partial charge on any atom is -0.489 e. The summed E-state index contributed by atoms with van der Waals surface area (Å²) in [6.07, 6.45) is 0. The Bertz CT molecular complexity index is 601. The van der Waals surface area contributed by atoms with Gasteiger partial charge in [0.15, 0.2) is 0 Å². The molecule has 98 valence electrons. The van der Waals surface area contributed by atoms with Crippen molar-refractivity contribution in [2.75, 3.05) is 0 Å². The molecule has 0 aromatic heterocycles. The van der Waals surface area contributed by atoms with E-state index in [1.54, 1.807) is 12.1 Å². The summed E-state index contributed by atoms with van der Waals surface area (Å²) in [6.45, 7) is 0.300. The topological polar surface area (TPSA) is 52.4 Å². The molecule has 0 bridgehead atoms. The highest BCUT2D eigenvalue weighted by Gasteiger charge is 2.12. The summed E-state index contributed by atoms with van der Waals surface area (Å²) in [5.74, 6) is 0.742. The normalized spacial score (nSPS) is 10.2. The zero-order valence-corrected chi connectivity index (χ0v) is 13.4. The minimum absolute atomic E-state index is 0.0451. The lowest BCUT2D eigenvalue weighted by molar-refractivity contribution is -0.385. The molecule has 0 aliphatic rings. The number of hydrogen-bond acceptors (Lipinski definition) is 3. The molecule has 0 radical (unpaired) electrons. The zero-order chi connectivity index (χ0) is 13.8. The molecule has 0 aliphatic carbocycles. The maximum atomic E-state index is 10.8. The van der Waals surface area contributed by atoms with Crippen molar-refractivity contribution < 1.29 is 9.66 Å². The molecule has 19 heavy (non-hydrogen) atoms. The van der Waals surface area contributed by atoms with E-state index in [9.17, 15) is 10.1 Å². The molecule has 2 rings (SSSR count). The molecule has 0 fully saturated rings. The summed E-state index contributed by atoms with van der Waals surface area (Å²) < 4.78 is 7.18. The monoisotopic (exact) mass is 433 g/mol. The largest absolute Gasteiger partial charge is 0.489 e. The van der Waals surface area contributed by atoms with Crippen LogP contribution < -0.4 is 4.74 Å². The number of nitrogens with zero attached hydrogens (tertiary/aromatic N) is 1. The predicted octanol–water partition coefficient (Wildman–Crippen LogP) is 4.54. The van der Waals surface area contributed by atoms with Crippen molar-refractivity contribution >= 4 is 44.2 Å². The lowest BCUT2D eigenvalue weighted by atomic mass is 10.2. The van der Waals surface area contributed by atoms with E-state index in [-0.39, 0.29) is 5.69 Å². The maximum absolute atomic E-state index is 10.8. The van der Waals surface area contributed by atoms with Gasteiger partial charge in [-0.15, -0.1) is 0 Å². The van der Waals surface area contributed by atoms with Crippen LogP contribution in [0.4, 0.5) is 5.69 Å². The van der Waals surface area contributed by atoms with E-state index >= 15 is 0 Å². The summed E-state index contributed by atoms with van der Waals surface area (Å²) in [4.78, 5) is 10.4. The van der Waals surface area contributed by atoms with Gasteiger partial charge in [0.1, 0.15) is 12.4 Å². The second kappa shape index (κ2) is 6.33. The summed E-state index contributed by atoms with van der Waals surface area (Å²) in [7, 11) is 0. The van der Waals surface area contributed by atoms with E-state index in [2.05, 4.69) is 38.5 Å². The van der Waals surface area contributed by atoms with E-state index in [1.165, 1.54) is 6.07 Å². The SMILES string of the molecule is O=[N+]([O-])c1cc(COc2ccc(I)cc2)ccc1Br. The third-order valence-corrected chi connectivity index (χ3v) is 3.82. The Morgan fingerprint density at radius 1 is 1.21 bits per heavy atom. The van der Waals surface area contributed by atoms with Crippen molar-refractivity contribution in [3.05, 3.63) is 66.2 Å². The van der Waals surface area contributed by atoms with Gasteiger partial charge in [-0.05, 0) is 74.4 Å². The van der Waals surface area contributed by atoms with Crippen molar-refractivity contribution in [1.82, 2.24) is 0 Å². The van der Waals surface area contributed by atoms with Gasteiger partial charge in [-0.1, -0.05) is 6.07 Å². The van der Waals surface area contributed by atoms with Crippen LogP contribution in [0.5, 0.6) is 5.75 Å². The molecule has 0 spiro atoms. The third kappa shape index (κ3) is 3.90. The molecule has 2 aromatic rings. The van der Waals surface area contributed by atoms with Gasteiger partial charge < -0.3 is 4.74 Å². The number of hydrogen-bond donors (Lipinski definition) is 0. The first-order valence-electron chi connectivity index (χ1n) is 5.37. The lowest BCUT2D eigenvalue weighted by Crippen LogP contribution is -1.97. The van der Waals surface area contributed by atoms with Crippen LogP contribution >= 0.6 is 38.5 Å². The van der Waals surface area contributed by atoms with Crippen molar-refractivity contribution in [3.8, 4) is 5.75 Å². The Labute approximate surface area is 132 Å². The summed E-state index contributed by atoms with van der Waals surface area (Å²) in [5.41, 5.74) is 0.803. The standard InChI is InChI=1S/C13H9BrINO3/c14-12-6-1-9(7-13(12)16(17)18)8-19-11-4-2-10(15)3-5-11/h1-7H,8H2. The van der Waals surface area contributed by atoms with Gasteiger partial charge in [-0.2, -0.15) is 0 Å². The quantitative estimate of drug-likeness (QED) is 0.404.